The average Bonchev–Trinajstić information content (AvgIpc) is 2.51. The maximum absolute atomic E-state index is 9.97. The molecular formula is C8H16N4O. The highest BCUT2D eigenvalue weighted by Crippen LogP contribution is 2.18. The molecule has 0 aliphatic carbocycles. The van der Waals surface area contributed by atoms with E-state index < -0.39 is 5.60 Å². The summed E-state index contributed by atoms with van der Waals surface area (Å²) in [6.07, 6.45) is 1.90. The molecule has 0 amide bonds. The minimum Gasteiger partial charge on any atom is -0.389 e. The Kier molecular flexibility index (Phi) is 2.98. The molecule has 5 heteroatoms. The van der Waals surface area contributed by atoms with Crippen LogP contribution in [0.1, 0.15) is 32.5 Å². The highest BCUT2D eigenvalue weighted by Gasteiger charge is 2.24. The Bertz CT molecular complexity index is 267. The predicted molar refractivity (Wildman–Crippen MR) is 48.0 cm³/mol. The number of nitrogens with zero attached hydrogens (tertiary/aromatic N) is 4. The van der Waals surface area contributed by atoms with Crippen molar-refractivity contribution in [1.82, 2.24) is 20.2 Å². The lowest BCUT2D eigenvalue weighted by Gasteiger charge is -2.22. The number of aliphatic hydroxyl groups is 1. The first-order valence-electron chi connectivity index (χ1n) is 4.55. The van der Waals surface area contributed by atoms with Gasteiger partial charge < -0.3 is 5.11 Å². The molecule has 0 fully saturated rings. The monoisotopic (exact) mass is 184 g/mol. The van der Waals surface area contributed by atoms with Gasteiger partial charge in [0, 0.05) is 6.42 Å². The number of aromatic nitrogens is 4. The van der Waals surface area contributed by atoms with Crippen molar-refractivity contribution < 1.29 is 5.11 Å². The molecule has 0 aromatic carbocycles. The van der Waals surface area contributed by atoms with Crippen molar-refractivity contribution in [1.29, 1.82) is 0 Å². The Morgan fingerprint density at radius 3 is 2.38 bits per heavy atom. The molecule has 1 aromatic heterocycles. The molecule has 0 bridgehead atoms. The van der Waals surface area contributed by atoms with Crippen LogP contribution in [0.4, 0.5) is 0 Å². The van der Waals surface area contributed by atoms with Gasteiger partial charge in [0.05, 0.1) is 12.6 Å². The second-order valence-corrected chi connectivity index (χ2v) is 3.30. The van der Waals surface area contributed by atoms with Gasteiger partial charge in [0.2, 0.25) is 0 Å². The van der Waals surface area contributed by atoms with E-state index in [0.29, 0.717) is 25.1 Å². The summed E-state index contributed by atoms with van der Waals surface area (Å²) in [6, 6.07) is 0. The van der Waals surface area contributed by atoms with Crippen molar-refractivity contribution in [3.05, 3.63) is 5.82 Å². The number of aryl methyl sites for hydroxylation is 1. The quantitative estimate of drug-likeness (QED) is 0.731. The number of hydrogen-bond acceptors (Lipinski definition) is 4. The molecule has 1 rings (SSSR count). The molecule has 0 aliphatic heterocycles. The number of rotatable bonds is 4. The van der Waals surface area contributed by atoms with Gasteiger partial charge >= 0.3 is 0 Å². The summed E-state index contributed by atoms with van der Waals surface area (Å²) in [5, 5.41) is 21.6. The third kappa shape index (κ3) is 2.48. The van der Waals surface area contributed by atoms with E-state index in [1.165, 1.54) is 4.80 Å². The van der Waals surface area contributed by atoms with Crippen LogP contribution in [-0.2, 0) is 13.5 Å². The zero-order valence-electron chi connectivity index (χ0n) is 8.36. The van der Waals surface area contributed by atoms with Crippen molar-refractivity contribution in [3.8, 4) is 0 Å². The molecule has 13 heavy (non-hydrogen) atoms. The molecule has 0 unspecified atom stereocenters. The van der Waals surface area contributed by atoms with Crippen LogP contribution in [0.25, 0.3) is 0 Å². The molecule has 0 radical (unpaired) electrons. The molecule has 5 nitrogen and oxygen atoms in total. The van der Waals surface area contributed by atoms with Gasteiger partial charge in [-0.15, -0.1) is 10.2 Å². The Morgan fingerprint density at radius 1 is 1.38 bits per heavy atom. The Hall–Kier alpha value is -0.970. The van der Waals surface area contributed by atoms with E-state index in [9.17, 15) is 5.11 Å². The first-order valence-corrected chi connectivity index (χ1v) is 4.55. The van der Waals surface area contributed by atoms with E-state index >= 15 is 0 Å². The molecule has 1 heterocycles. The smallest absolute Gasteiger partial charge is 0.177 e. The van der Waals surface area contributed by atoms with Gasteiger partial charge in [-0.1, -0.05) is 13.8 Å². The molecule has 0 aliphatic rings. The third-order valence-corrected chi connectivity index (χ3v) is 2.35. The van der Waals surface area contributed by atoms with E-state index in [0.717, 1.165) is 0 Å². The molecule has 0 spiro atoms. The van der Waals surface area contributed by atoms with Crippen LogP contribution >= 0.6 is 0 Å². The van der Waals surface area contributed by atoms with Gasteiger partial charge in [-0.05, 0) is 18.1 Å². The molecule has 1 aromatic rings. The normalized spacial score (nSPS) is 12.0. The third-order valence-electron chi connectivity index (χ3n) is 2.35. The van der Waals surface area contributed by atoms with Gasteiger partial charge in [0.15, 0.2) is 5.82 Å². The zero-order valence-corrected chi connectivity index (χ0v) is 8.36. The summed E-state index contributed by atoms with van der Waals surface area (Å²) >= 11 is 0. The maximum Gasteiger partial charge on any atom is 0.177 e. The minimum atomic E-state index is -0.678. The van der Waals surface area contributed by atoms with Gasteiger partial charge in [-0.3, -0.25) is 0 Å². The molecular weight excluding hydrogens is 168 g/mol. The average molecular weight is 184 g/mol. The Labute approximate surface area is 77.8 Å². The lowest BCUT2D eigenvalue weighted by atomic mass is 9.93. The van der Waals surface area contributed by atoms with Gasteiger partial charge in [0.1, 0.15) is 0 Å². The molecule has 0 saturated carbocycles. The van der Waals surface area contributed by atoms with Crippen LogP contribution in [0, 0.1) is 0 Å². The van der Waals surface area contributed by atoms with Gasteiger partial charge in [-0.2, -0.15) is 4.80 Å². The highest BCUT2D eigenvalue weighted by molar-refractivity contribution is 4.89. The first-order chi connectivity index (χ1) is 6.09. The summed E-state index contributed by atoms with van der Waals surface area (Å²) in [4.78, 5) is 1.40. The van der Waals surface area contributed by atoms with Crippen LogP contribution in [0.2, 0.25) is 0 Å². The van der Waals surface area contributed by atoms with Crippen molar-refractivity contribution >= 4 is 0 Å². The molecule has 0 saturated heterocycles. The standard InChI is InChI=1S/C8H16N4O/c1-4-8(13,5-2)6-7-9-11-12(3)10-7/h13H,4-6H2,1-3H3. The molecule has 1 N–H and O–H groups in total. The Balaban J connectivity index is 2.67. The van der Waals surface area contributed by atoms with E-state index in [-0.39, 0.29) is 0 Å². The van der Waals surface area contributed by atoms with Crippen LogP contribution in [0.15, 0.2) is 0 Å². The summed E-state index contributed by atoms with van der Waals surface area (Å²) in [7, 11) is 1.72. The largest absolute Gasteiger partial charge is 0.389 e. The first kappa shape index (κ1) is 10.1. The summed E-state index contributed by atoms with van der Waals surface area (Å²) in [5.74, 6) is 0.605. The van der Waals surface area contributed by atoms with Crippen molar-refractivity contribution in [2.24, 2.45) is 7.05 Å². The summed E-state index contributed by atoms with van der Waals surface area (Å²) in [6.45, 7) is 3.92. The maximum atomic E-state index is 9.97. The van der Waals surface area contributed by atoms with E-state index in [1.807, 2.05) is 13.8 Å². The molecule has 74 valence electrons. The Morgan fingerprint density at radius 2 is 2.00 bits per heavy atom. The van der Waals surface area contributed by atoms with E-state index in [2.05, 4.69) is 15.4 Å². The number of hydrogen-bond donors (Lipinski definition) is 1. The fourth-order valence-corrected chi connectivity index (χ4v) is 1.19. The zero-order chi connectivity index (χ0) is 9.90. The second-order valence-electron chi connectivity index (χ2n) is 3.30. The van der Waals surface area contributed by atoms with E-state index in [1.54, 1.807) is 7.05 Å². The van der Waals surface area contributed by atoms with Crippen molar-refractivity contribution in [2.45, 2.75) is 38.7 Å². The number of tetrazole rings is 1. The fourth-order valence-electron chi connectivity index (χ4n) is 1.19. The van der Waals surface area contributed by atoms with Crippen LogP contribution in [0.5, 0.6) is 0 Å². The minimum absolute atomic E-state index is 0.480. The SMILES string of the molecule is CCC(O)(CC)Cc1nnn(C)n1. The van der Waals surface area contributed by atoms with Gasteiger partial charge in [-0.25, -0.2) is 0 Å². The summed E-state index contributed by atoms with van der Waals surface area (Å²) in [5.41, 5.74) is -0.678. The highest BCUT2D eigenvalue weighted by atomic mass is 16.3. The fraction of sp³-hybridized carbons (Fsp3) is 0.875. The lowest BCUT2D eigenvalue weighted by molar-refractivity contribution is 0.0307. The topological polar surface area (TPSA) is 63.8 Å². The van der Waals surface area contributed by atoms with Crippen LogP contribution < -0.4 is 0 Å². The van der Waals surface area contributed by atoms with Crippen molar-refractivity contribution in [2.75, 3.05) is 0 Å². The van der Waals surface area contributed by atoms with Gasteiger partial charge in [0.25, 0.3) is 0 Å². The van der Waals surface area contributed by atoms with E-state index in [4.69, 9.17) is 0 Å². The van der Waals surface area contributed by atoms with Crippen molar-refractivity contribution in [3.63, 3.8) is 0 Å². The lowest BCUT2D eigenvalue weighted by Crippen LogP contribution is -2.30. The molecule has 0 atom stereocenters. The predicted octanol–water partition coefficient (Wildman–Crippen LogP) is 0.304. The summed E-state index contributed by atoms with van der Waals surface area (Å²) < 4.78 is 0. The van der Waals surface area contributed by atoms with Crippen LogP contribution in [-0.4, -0.2) is 30.9 Å². The van der Waals surface area contributed by atoms with Crippen LogP contribution in [0.3, 0.4) is 0 Å². The second kappa shape index (κ2) is 3.83.